The van der Waals surface area contributed by atoms with E-state index in [1.807, 2.05) is 54.6 Å². The molecule has 1 heterocycles. The molecular formula is C26H30N2O2+2. The van der Waals surface area contributed by atoms with E-state index in [1.54, 1.807) is 9.80 Å². The molecule has 0 radical (unpaired) electrons. The van der Waals surface area contributed by atoms with Crippen LogP contribution in [-0.2, 0) is 6.54 Å². The molecule has 4 heteroatoms. The monoisotopic (exact) mass is 402 g/mol. The fourth-order valence-electron chi connectivity index (χ4n) is 4.04. The Kier molecular flexibility index (Phi) is 6.91. The van der Waals surface area contributed by atoms with Crippen LogP contribution < -0.4 is 14.5 Å². The van der Waals surface area contributed by atoms with Crippen LogP contribution in [0, 0.1) is 0 Å². The molecule has 0 unspecified atom stereocenters. The van der Waals surface area contributed by atoms with Gasteiger partial charge in [0.15, 0.2) is 5.78 Å². The van der Waals surface area contributed by atoms with Gasteiger partial charge in [0.1, 0.15) is 51.6 Å². The van der Waals surface area contributed by atoms with Crippen molar-refractivity contribution in [3.05, 3.63) is 102 Å². The Balaban J connectivity index is 1.18. The molecule has 4 nitrogen and oxygen atoms in total. The zero-order valence-corrected chi connectivity index (χ0v) is 17.3. The summed E-state index contributed by atoms with van der Waals surface area (Å²) in [5.74, 6) is 0.870. The van der Waals surface area contributed by atoms with Crippen molar-refractivity contribution in [2.24, 2.45) is 0 Å². The van der Waals surface area contributed by atoms with E-state index in [0.717, 1.165) is 18.8 Å². The lowest BCUT2D eigenvalue weighted by molar-refractivity contribution is -1.02. The summed E-state index contributed by atoms with van der Waals surface area (Å²) in [7, 11) is 0. The summed E-state index contributed by atoms with van der Waals surface area (Å²) in [4.78, 5) is 15.8. The van der Waals surface area contributed by atoms with Gasteiger partial charge in [-0.25, -0.2) is 0 Å². The second-order valence-corrected chi connectivity index (χ2v) is 7.98. The second-order valence-electron chi connectivity index (χ2n) is 7.98. The number of nitrogens with one attached hydrogen (secondary N) is 2. The summed E-state index contributed by atoms with van der Waals surface area (Å²) in [5, 5.41) is 0. The topological polar surface area (TPSA) is 35.2 Å². The van der Waals surface area contributed by atoms with Crippen molar-refractivity contribution in [1.82, 2.24) is 0 Å². The van der Waals surface area contributed by atoms with Gasteiger partial charge >= 0.3 is 0 Å². The van der Waals surface area contributed by atoms with E-state index in [4.69, 9.17) is 4.74 Å². The number of benzene rings is 3. The van der Waals surface area contributed by atoms with E-state index in [-0.39, 0.29) is 5.78 Å². The van der Waals surface area contributed by atoms with Crippen LogP contribution in [0.1, 0.15) is 21.5 Å². The number of piperazine rings is 1. The summed E-state index contributed by atoms with van der Waals surface area (Å²) < 4.78 is 5.93. The van der Waals surface area contributed by atoms with Crippen LogP contribution in [0.25, 0.3) is 0 Å². The summed E-state index contributed by atoms with van der Waals surface area (Å²) in [6.07, 6.45) is 0. The Hall–Kier alpha value is -2.95. The van der Waals surface area contributed by atoms with Crippen LogP contribution in [0.15, 0.2) is 84.9 Å². The molecule has 30 heavy (non-hydrogen) atoms. The highest BCUT2D eigenvalue weighted by Gasteiger charge is 2.22. The van der Waals surface area contributed by atoms with Crippen LogP contribution in [0.5, 0.6) is 5.75 Å². The zero-order chi connectivity index (χ0) is 20.6. The van der Waals surface area contributed by atoms with Crippen LogP contribution in [0.3, 0.4) is 0 Å². The van der Waals surface area contributed by atoms with Gasteiger partial charge in [-0.2, -0.15) is 0 Å². The lowest BCUT2D eigenvalue weighted by Gasteiger charge is -2.29. The Morgan fingerprint density at radius 1 is 0.700 bits per heavy atom. The number of ether oxygens (including phenoxy) is 1. The molecule has 0 aliphatic carbocycles. The van der Waals surface area contributed by atoms with Crippen LogP contribution >= 0.6 is 0 Å². The molecule has 2 N–H and O–H groups in total. The smallest absolute Gasteiger partial charge is 0.193 e. The third kappa shape index (κ3) is 5.56. The molecule has 4 rings (SSSR count). The van der Waals surface area contributed by atoms with Crippen molar-refractivity contribution in [2.45, 2.75) is 6.54 Å². The predicted octanol–water partition coefficient (Wildman–Crippen LogP) is 1.28. The van der Waals surface area contributed by atoms with E-state index in [9.17, 15) is 4.79 Å². The fraction of sp³-hybridized carbons (Fsp3) is 0.269. The number of quaternary nitrogens is 2. The number of ketones is 1. The third-order valence-corrected chi connectivity index (χ3v) is 5.84. The average Bonchev–Trinajstić information content (AvgIpc) is 2.81. The summed E-state index contributed by atoms with van der Waals surface area (Å²) in [6, 6.07) is 27.6. The average molecular weight is 403 g/mol. The lowest BCUT2D eigenvalue weighted by Crippen LogP contribution is -3.27. The third-order valence-electron chi connectivity index (χ3n) is 5.84. The minimum absolute atomic E-state index is 0.0440. The number of rotatable bonds is 8. The van der Waals surface area contributed by atoms with Gasteiger partial charge in [0.25, 0.3) is 0 Å². The Labute approximate surface area is 178 Å². The van der Waals surface area contributed by atoms with Gasteiger partial charge in [-0.05, 0) is 24.3 Å². The number of hydrogen-bond acceptors (Lipinski definition) is 2. The molecule has 0 atom stereocenters. The van der Waals surface area contributed by atoms with E-state index in [0.29, 0.717) is 17.7 Å². The van der Waals surface area contributed by atoms with Crippen LogP contribution in [-0.4, -0.2) is 45.1 Å². The number of carbonyl (C=O) groups is 1. The largest absolute Gasteiger partial charge is 0.488 e. The fourth-order valence-corrected chi connectivity index (χ4v) is 4.04. The molecule has 3 aromatic rings. The molecule has 0 saturated carbocycles. The van der Waals surface area contributed by atoms with E-state index in [2.05, 4.69) is 30.3 Å². The van der Waals surface area contributed by atoms with Gasteiger partial charge in [-0.3, -0.25) is 4.79 Å². The van der Waals surface area contributed by atoms with E-state index in [1.165, 1.54) is 31.7 Å². The first-order valence-corrected chi connectivity index (χ1v) is 10.8. The molecule has 1 aliphatic rings. The van der Waals surface area contributed by atoms with Gasteiger partial charge in [0, 0.05) is 16.7 Å². The highest BCUT2D eigenvalue weighted by atomic mass is 16.5. The first-order valence-electron chi connectivity index (χ1n) is 10.8. The minimum Gasteiger partial charge on any atom is -0.488 e. The summed E-state index contributed by atoms with van der Waals surface area (Å²) in [6.45, 7) is 7.64. The molecule has 1 saturated heterocycles. The molecule has 3 aromatic carbocycles. The van der Waals surface area contributed by atoms with Crippen molar-refractivity contribution in [3.63, 3.8) is 0 Å². The molecule has 0 bridgehead atoms. The molecular weight excluding hydrogens is 372 g/mol. The SMILES string of the molecule is O=C(c1ccccc1)c1ccc(OCC[NH+]2CC[NH+](Cc3ccccc3)CC2)cc1. The Morgan fingerprint density at radius 3 is 1.93 bits per heavy atom. The van der Waals surface area contributed by atoms with Crippen molar-refractivity contribution < 1.29 is 19.3 Å². The number of hydrogen-bond donors (Lipinski definition) is 2. The molecule has 1 aliphatic heterocycles. The molecule has 1 fully saturated rings. The first-order chi connectivity index (χ1) is 14.8. The van der Waals surface area contributed by atoms with E-state index < -0.39 is 0 Å². The molecule has 0 amide bonds. The van der Waals surface area contributed by atoms with Gasteiger partial charge in [0.05, 0.1) is 0 Å². The molecule has 154 valence electrons. The van der Waals surface area contributed by atoms with Crippen LogP contribution in [0.2, 0.25) is 0 Å². The van der Waals surface area contributed by atoms with Crippen molar-refractivity contribution in [1.29, 1.82) is 0 Å². The van der Waals surface area contributed by atoms with Gasteiger partial charge < -0.3 is 14.5 Å². The summed E-state index contributed by atoms with van der Waals surface area (Å²) in [5.41, 5.74) is 2.83. The normalized spacial score (nSPS) is 18.7. The van der Waals surface area contributed by atoms with Crippen molar-refractivity contribution >= 4 is 5.78 Å². The Bertz CT molecular complexity index is 918. The van der Waals surface area contributed by atoms with Gasteiger partial charge in [-0.1, -0.05) is 60.7 Å². The predicted molar refractivity (Wildman–Crippen MR) is 118 cm³/mol. The van der Waals surface area contributed by atoms with Crippen molar-refractivity contribution in [3.8, 4) is 5.75 Å². The van der Waals surface area contributed by atoms with Gasteiger partial charge in [0.2, 0.25) is 0 Å². The molecule has 0 spiro atoms. The zero-order valence-electron chi connectivity index (χ0n) is 17.3. The first kappa shape index (κ1) is 20.3. The minimum atomic E-state index is 0.0440. The maximum Gasteiger partial charge on any atom is 0.193 e. The van der Waals surface area contributed by atoms with E-state index >= 15 is 0 Å². The second kappa shape index (κ2) is 10.2. The highest BCUT2D eigenvalue weighted by Crippen LogP contribution is 2.15. The standard InChI is InChI=1S/C26H28N2O2/c29-26(23-9-5-2-6-10-23)24-11-13-25(14-12-24)30-20-19-27-15-17-28(18-16-27)21-22-7-3-1-4-8-22/h1-14H,15-21H2/p+2. The summed E-state index contributed by atoms with van der Waals surface area (Å²) >= 11 is 0. The molecule has 0 aromatic heterocycles. The Morgan fingerprint density at radius 2 is 1.27 bits per heavy atom. The maximum atomic E-state index is 12.5. The number of carbonyl (C=O) groups excluding carboxylic acids is 1. The van der Waals surface area contributed by atoms with Gasteiger partial charge in [-0.15, -0.1) is 0 Å². The van der Waals surface area contributed by atoms with Crippen molar-refractivity contribution in [2.75, 3.05) is 39.3 Å². The lowest BCUT2D eigenvalue weighted by atomic mass is 10.0. The van der Waals surface area contributed by atoms with Crippen LogP contribution in [0.4, 0.5) is 0 Å². The maximum absolute atomic E-state index is 12.5. The highest BCUT2D eigenvalue weighted by molar-refractivity contribution is 6.08. The quantitative estimate of drug-likeness (QED) is 0.557.